The molecule has 21 heavy (non-hydrogen) atoms. The minimum absolute atomic E-state index is 0.0203. The van der Waals surface area contributed by atoms with E-state index in [1.807, 2.05) is 26.0 Å². The van der Waals surface area contributed by atoms with E-state index in [1.165, 1.54) is 0 Å². The lowest BCUT2D eigenvalue weighted by molar-refractivity contribution is 0.124. The van der Waals surface area contributed by atoms with Crippen molar-refractivity contribution in [2.75, 3.05) is 12.4 Å². The molecule has 0 aliphatic heterocycles. The highest BCUT2D eigenvalue weighted by atomic mass is 32.2. The molecule has 0 saturated heterocycles. The summed E-state index contributed by atoms with van der Waals surface area (Å²) in [6, 6.07) is 7.17. The summed E-state index contributed by atoms with van der Waals surface area (Å²) in [5.74, 6) is 0.320. The van der Waals surface area contributed by atoms with Gasteiger partial charge in [-0.05, 0) is 30.5 Å². The zero-order chi connectivity index (χ0) is 16.0. The Kier molecular flexibility index (Phi) is 6.64. The Morgan fingerprint density at radius 2 is 1.76 bits per heavy atom. The highest BCUT2D eigenvalue weighted by Gasteiger charge is 2.26. The third-order valence-corrected chi connectivity index (χ3v) is 6.06. The van der Waals surface area contributed by atoms with Crippen molar-refractivity contribution in [3.8, 4) is 5.75 Å². The average molecular weight is 315 g/mol. The second-order valence-corrected chi connectivity index (χ2v) is 7.99. The third kappa shape index (κ3) is 5.65. The predicted molar refractivity (Wildman–Crippen MR) is 83.9 cm³/mol. The normalized spacial score (nSPS) is 15.0. The summed E-state index contributed by atoms with van der Waals surface area (Å²) >= 11 is 0. The fraction of sp³-hybridized carbons (Fsp3) is 0.600. The SMILES string of the molecule is CC(C)C(C)S(=O)(=O)CC(O)COc1ccc(CN)cc1. The van der Waals surface area contributed by atoms with Gasteiger partial charge in [-0.15, -0.1) is 0 Å². The fourth-order valence-corrected chi connectivity index (χ4v) is 3.56. The van der Waals surface area contributed by atoms with Crippen molar-refractivity contribution in [3.05, 3.63) is 29.8 Å². The van der Waals surface area contributed by atoms with Gasteiger partial charge in [0, 0.05) is 6.54 Å². The summed E-state index contributed by atoms with van der Waals surface area (Å²) in [4.78, 5) is 0. The summed E-state index contributed by atoms with van der Waals surface area (Å²) in [5, 5.41) is 9.38. The van der Waals surface area contributed by atoms with Gasteiger partial charge in [-0.25, -0.2) is 8.42 Å². The summed E-state index contributed by atoms with van der Waals surface area (Å²) in [6.07, 6.45) is -1.04. The first-order valence-corrected chi connectivity index (χ1v) is 8.79. The molecule has 1 aromatic rings. The Bertz CT molecular complexity index is 525. The fourth-order valence-electron chi connectivity index (χ4n) is 1.80. The molecule has 3 N–H and O–H groups in total. The molecule has 6 heteroatoms. The first-order valence-electron chi connectivity index (χ1n) is 7.07. The van der Waals surface area contributed by atoms with Gasteiger partial charge < -0.3 is 15.6 Å². The van der Waals surface area contributed by atoms with E-state index in [1.54, 1.807) is 19.1 Å². The van der Waals surface area contributed by atoms with Crippen LogP contribution in [0.2, 0.25) is 0 Å². The Morgan fingerprint density at radius 3 is 2.24 bits per heavy atom. The number of hydrogen-bond acceptors (Lipinski definition) is 5. The Labute approximate surface area is 127 Å². The largest absolute Gasteiger partial charge is 0.491 e. The summed E-state index contributed by atoms with van der Waals surface area (Å²) in [7, 11) is -3.32. The monoisotopic (exact) mass is 315 g/mol. The minimum atomic E-state index is -3.32. The van der Waals surface area contributed by atoms with E-state index in [0.717, 1.165) is 5.56 Å². The van der Waals surface area contributed by atoms with Crippen LogP contribution in [0.3, 0.4) is 0 Å². The van der Waals surface area contributed by atoms with E-state index < -0.39 is 21.2 Å². The Morgan fingerprint density at radius 1 is 1.19 bits per heavy atom. The number of benzene rings is 1. The standard InChI is InChI=1S/C15H25NO4S/c1-11(2)12(3)21(18,19)10-14(17)9-20-15-6-4-13(8-16)5-7-15/h4-7,11-12,14,17H,8-10,16H2,1-3H3. The van der Waals surface area contributed by atoms with Crippen LogP contribution < -0.4 is 10.5 Å². The molecule has 0 bridgehead atoms. The summed E-state index contributed by atoms with van der Waals surface area (Å²) < 4.78 is 29.5. The van der Waals surface area contributed by atoms with E-state index in [-0.39, 0.29) is 18.3 Å². The van der Waals surface area contributed by atoms with Gasteiger partial charge >= 0.3 is 0 Å². The number of aliphatic hydroxyl groups is 1. The summed E-state index contributed by atoms with van der Waals surface area (Å²) in [5.41, 5.74) is 6.48. The predicted octanol–water partition coefficient (Wildman–Crippen LogP) is 1.34. The molecule has 0 aliphatic rings. The number of rotatable bonds is 8. The van der Waals surface area contributed by atoms with Crippen LogP contribution in [0.25, 0.3) is 0 Å². The number of nitrogens with two attached hydrogens (primary N) is 1. The van der Waals surface area contributed by atoms with Gasteiger partial charge in [-0.2, -0.15) is 0 Å². The smallest absolute Gasteiger partial charge is 0.155 e. The third-order valence-electron chi connectivity index (χ3n) is 3.53. The molecule has 2 atom stereocenters. The van der Waals surface area contributed by atoms with Gasteiger partial charge in [0.05, 0.1) is 11.0 Å². The lowest BCUT2D eigenvalue weighted by Gasteiger charge is -2.19. The lowest BCUT2D eigenvalue weighted by Crippen LogP contribution is -2.34. The van der Waals surface area contributed by atoms with E-state index >= 15 is 0 Å². The molecule has 0 radical (unpaired) electrons. The molecule has 0 aromatic heterocycles. The van der Waals surface area contributed by atoms with Crippen molar-refractivity contribution in [3.63, 3.8) is 0 Å². The average Bonchev–Trinajstić information content (AvgIpc) is 2.44. The zero-order valence-corrected chi connectivity index (χ0v) is 13.6. The number of sulfone groups is 1. The van der Waals surface area contributed by atoms with Crippen molar-refractivity contribution in [1.29, 1.82) is 0 Å². The van der Waals surface area contributed by atoms with Gasteiger partial charge in [-0.3, -0.25) is 0 Å². The number of ether oxygens (including phenoxy) is 1. The maximum absolute atomic E-state index is 12.0. The Hall–Kier alpha value is -1.11. The maximum atomic E-state index is 12.0. The molecule has 1 rings (SSSR count). The van der Waals surface area contributed by atoms with Crippen molar-refractivity contribution in [1.82, 2.24) is 0 Å². The molecule has 5 nitrogen and oxygen atoms in total. The summed E-state index contributed by atoms with van der Waals surface area (Å²) in [6.45, 7) is 5.77. The topological polar surface area (TPSA) is 89.6 Å². The van der Waals surface area contributed by atoms with Crippen molar-refractivity contribution >= 4 is 9.84 Å². The number of hydrogen-bond donors (Lipinski definition) is 2. The van der Waals surface area contributed by atoms with Crippen LogP contribution >= 0.6 is 0 Å². The lowest BCUT2D eigenvalue weighted by atomic mass is 10.2. The quantitative estimate of drug-likeness (QED) is 0.755. The highest BCUT2D eigenvalue weighted by molar-refractivity contribution is 7.92. The maximum Gasteiger partial charge on any atom is 0.155 e. The van der Waals surface area contributed by atoms with Crippen LogP contribution in [0.4, 0.5) is 0 Å². The molecule has 1 aromatic carbocycles. The first kappa shape index (κ1) is 17.9. The van der Waals surface area contributed by atoms with Crippen LogP contribution in [0.15, 0.2) is 24.3 Å². The van der Waals surface area contributed by atoms with E-state index in [9.17, 15) is 13.5 Å². The van der Waals surface area contributed by atoms with Crippen LogP contribution in [-0.2, 0) is 16.4 Å². The molecule has 0 amide bonds. The van der Waals surface area contributed by atoms with E-state index in [4.69, 9.17) is 10.5 Å². The first-order chi connectivity index (χ1) is 9.76. The van der Waals surface area contributed by atoms with Gasteiger partial charge in [0.15, 0.2) is 9.84 Å². The molecule has 0 fully saturated rings. The second-order valence-electron chi connectivity index (χ2n) is 5.59. The van der Waals surface area contributed by atoms with E-state index in [0.29, 0.717) is 12.3 Å². The molecule has 2 unspecified atom stereocenters. The minimum Gasteiger partial charge on any atom is -0.491 e. The van der Waals surface area contributed by atoms with Crippen molar-refractivity contribution < 1.29 is 18.3 Å². The highest BCUT2D eigenvalue weighted by Crippen LogP contribution is 2.15. The van der Waals surface area contributed by atoms with Gasteiger partial charge in [-0.1, -0.05) is 26.0 Å². The molecule has 0 spiro atoms. The van der Waals surface area contributed by atoms with Gasteiger partial charge in [0.25, 0.3) is 0 Å². The van der Waals surface area contributed by atoms with Crippen molar-refractivity contribution in [2.45, 2.75) is 38.7 Å². The van der Waals surface area contributed by atoms with Crippen LogP contribution in [-0.4, -0.2) is 37.2 Å². The van der Waals surface area contributed by atoms with Crippen molar-refractivity contribution in [2.24, 2.45) is 11.7 Å². The molecule has 0 aliphatic carbocycles. The molecule has 0 heterocycles. The van der Waals surface area contributed by atoms with Crippen LogP contribution in [0.5, 0.6) is 5.75 Å². The molecule has 120 valence electrons. The molecular formula is C15H25NO4S. The van der Waals surface area contributed by atoms with Gasteiger partial charge in [0.1, 0.15) is 18.5 Å². The number of aliphatic hydroxyl groups excluding tert-OH is 1. The molecular weight excluding hydrogens is 290 g/mol. The Balaban J connectivity index is 2.51. The van der Waals surface area contributed by atoms with E-state index in [2.05, 4.69) is 0 Å². The molecule has 0 saturated carbocycles. The zero-order valence-electron chi connectivity index (χ0n) is 12.8. The van der Waals surface area contributed by atoms with Crippen LogP contribution in [0.1, 0.15) is 26.3 Å². The second kappa shape index (κ2) is 7.77. The van der Waals surface area contributed by atoms with Crippen LogP contribution in [0, 0.1) is 5.92 Å². The van der Waals surface area contributed by atoms with Gasteiger partial charge in [0.2, 0.25) is 0 Å².